The average molecular weight is 215 g/mol. The van der Waals surface area contributed by atoms with E-state index in [0.717, 1.165) is 26.1 Å². The molecule has 1 rings (SSSR count). The van der Waals surface area contributed by atoms with Gasteiger partial charge in [0.25, 0.3) is 0 Å². The third-order valence-electron chi connectivity index (χ3n) is 3.21. The molecule has 3 heteroatoms. The molecule has 2 atom stereocenters. The van der Waals surface area contributed by atoms with Crippen LogP contribution in [0.4, 0.5) is 0 Å². The average Bonchev–Trinajstić information content (AvgIpc) is 2.15. The van der Waals surface area contributed by atoms with Crippen LogP contribution in [0.3, 0.4) is 0 Å². The van der Waals surface area contributed by atoms with Crippen molar-refractivity contribution < 1.29 is 9.47 Å². The van der Waals surface area contributed by atoms with Crippen molar-refractivity contribution in [3.8, 4) is 0 Å². The van der Waals surface area contributed by atoms with Crippen LogP contribution in [0.1, 0.15) is 27.2 Å². The molecule has 0 radical (unpaired) electrons. The van der Waals surface area contributed by atoms with Crippen LogP contribution < -0.4 is 0 Å². The maximum atomic E-state index is 5.76. The largest absolute Gasteiger partial charge is 0.381 e. The Hall–Kier alpha value is -0.120. The van der Waals surface area contributed by atoms with E-state index in [9.17, 15) is 0 Å². The Morgan fingerprint density at radius 2 is 2.13 bits per heavy atom. The maximum Gasteiger partial charge on any atom is 0.0671 e. The lowest BCUT2D eigenvalue weighted by molar-refractivity contribution is -0.104. The maximum absolute atomic E-state index is 5.76. The minimum absolute atomic E-state index is 0.131. The summed E-state index contributed by atoms with van der Waals surface area (Å²) in [5, 5.41) is 0. The van der Waals surface area contributed by atoms with Crippen LogP contribution in [0.25, 0.3) is 0 Å². The first-order chi connectivity index (χ1) is 6.98. The number of likely N-dealkylation sites (tertiary alicyclic amines) is 1. The molecule has 0 bridgehead atoms. The second kappa shape index (κ2) is 5.28. The normalized spacial score (nSPS) is 33.6. The lowest BCUT2D eigenvalue weighted by Crippen LogP contribution is -2.52. The SMILES string of the molecule is CO[C@H]1CCN(C)C[C@@]1(C)COC(C)C. The molecule has 0 aromatic rings. The summed E-state index contributed by atoms with van der Waals surface area (Å²) in [6.45, 7) is 9.39. The smallest absolute Gasteiger partial charge is 0.0671 e. The molecule has 0 unspecified atom stereocenters. The number of piperidine rings is 1. The van der Waals surface area contributed by atoms with Crippen molar-refractivity contribution >= 4 is 0 Å². The lowest BCUT2D eigenvalue weighted by atomic mass is 9.80. The van der Waals surface area contributed by atoms with Gasteiger partial charge < -0.3 is 14.4 Å². The van der Waals surface area contributed by atoms with E-state index >= 15 is 0 Å². The quantitative estimate of drug-likeness (QED) is 0.713. The summed E-state index contributed by atoms with van der Waals surface area (Å²) in [4.78, 5) is 2.36. The topological polar surface area (TPSA) is 21.7 Å². The van der Waals surface area contributed by atoms with Gasteiger partial charge >= 0.3 is 0 Å². The molecule has 0 spiro atoms. The van der Waals surface area contributed by atoms with E-state index in [1.807, 2.05) is 7.11 Å². The molecule has 0 saturated carbocycles. The number of hydrogen-bond donors (Lipinski definition) is 0. The van der Waals surface area contributed by atoms with Gasteiger partial charge in [0.05, 0.1) is 18.8 Å². The predicted molar refractivity (Wildman–Crippen MR) is 62.1 cm³/mol. The third-order valence-corrected chi connectivity index (χ3v) is 3.21. The Labute approximate surface area is 93.7 Å². The zero-order valence-electron chi connectivity index (χ0n) is 10.7. The molecule has 15 heavy (non-hydrogen) atoms. The molecule has 0 aliphatic carbocycles. The summed E-state index contributed by atoms with van der Waals surface area (Å²) in [5.41, 5.74) is 0.131. The minimum Gasteiger partial charge on any atom is -0.381 e. The highest BCUT2D eigenvalue weighted by Gasteiger charge is 2.39. The molecule has 0 aromatic carbocycles. The van der Waals surface area contributed by atoms with E-state index in [4.69, 9.17) is 9.47 Å². The van der Waals surface area contributed by atoms with Crippen LogP contribution in [-0.4, -0.2) is 51.0 Å². The van der Waals surface area contributed by atoms with Gasteiger partial charge in [0.1, 0.15) is 0 Å². The first kappa shape index (κ1) is 12.9. The summed E-state index contributed by atoms with van der Waals surface area (Å²) in [6, 6.07) is 0. The van der Waals surface area contributed by atoms with Crippen LogP contribution >= 0.6 is 0 Å². The zero-order valence-corrected chi connectivity index (χ0v) is 10.7. The van der Waals surface area contributed by atoms with Crippen molar-refractivity contribution in [1.29, 1.82) is 0 Å². The molecule has 1 fully saturated rings. The summed E-state index contributed by atoms with van der Waals surface area (Å²) in [5.74, 6) is 0. The highest BCUT2D eigenvalue weighted by molar-refractivity contribution is 4.90. The minimum atomic E-state index is 0.131. The van der Waals surface area contributed by atoms with Crippen molar-refractivity contribution in [1.82, 2.24) is 4.90 Å². The lowest BCUT2D eigenvalue weighted by Gasteiger charge is -2.44. The molecule has 0 N–H and O–H groups in total. The zero-order chi connectivity index (χ0) is 11.5. The van der Waals surface area contributed by atoms with Crippen molar-refractivity contribution in [2.75, 3.05) is 33.9 Å². The molecule has 1 heterocycles. The fourth-order valence-electron chi connectivity index (χ4n) is 2.38. The van der Waals surface area contributed by atoms with E-state index in [1.165, 1.54) is 0 Å². The number of nitrogens with zero attached hydrogens (tertiary/aromatic N) is 1. The van der Waals surface area contributed by atoms with Gasteiger partial charge in [0.15, 0.2) is 0 Å². The second-order valence-corrected chi connectivity index (χ2v) is 5.26. The summed E-state index contributed by atoms with van der Waals surface area (Å²) < 4.78 is 11.3. The van der Waals surface area contributed by atoms with E-state index in [0.29, 0.717) is 12.2 Å². The molecule has 0 aromatic heterocycles. The second-order valence-electron chi connectivity index (χ2n) is 5.26. The van der Waals surface area contributed by atoms with Crippen LogP contribution in [-0.2, 0) is 9.47 Å². The first-order valence-corrected chi connectivity index (χ1v) is 5.81. The third kappa shape index (κ3) is 3.44. The first-order valence-electron chi connectivity index (χ1n) is 5.81. The van der Waals surface area contributed by atoms with Gasteiger partial charge in [-0.25, -0.2) is 0 Å². The molecule has 0 amide bonds. The molecule has 1 aliphatic rings. The summed E-state index contributed by atoms with van der Waals surface area (Å²) in [7, 11) is 3.98. The van der Waals surface area contributed by atoms with Gasteiger partial charge in [-0.3, -0.25) is 0 Å². The number of rotatable bonds is 4. The molecule has 3 nitrogen and oxygen atoms in total. The Bertz CT molecular complexity index is 196. The van der Waals surface area contributed by atoms with Crippen molar-refractivity contribution in [3.05, 3.63) is 0 Å². The number of hydrogen-bond acceptors (Lipinski definition) is 3. The highest BCUT2D eigenvalue weighted by Crippen LogP contribution is 2.31. The van der Waals surface area contributed by atoms with Crippen LogP contribution in [0.15, 0.2) is 0 Å². The summed E-state index contributed by atoms with van der Waals surface area (Å²) >= 11 is 0. The van der Waals surface area contributed by atoms with Crippen molar-refractivity contribution in [3.63, 3.8) is 0 Å². The Kier molecular flexibility index (Phi) is 4.56. The molecule has 1 aliphatic heterocycles. The van der Waals surface area contributed by atoms with Crippen LogP contribution in [0, 0.1) is 5.41 Å². The predicted octanol–water partition coefficient (Wildman–Crippen LogP) is 1.77. The van der Waals surface area contributed by atoms with Crippen LogP contribution in [0.5, 0.6) is 0 Å². The van der Waals surface area contributed by atoms with Gasteiger partial charge in [0, 0.05) is 25.6 Å². The molecule has 1 saturated heterocycles. The van der Waals surface area contributed by atoms with Crippen molar-refractivity contribution in [2.24, 2.45) is 5.41 Å². The number of methoxy groups -OCH3 is 1. The monoisotopic (exact) mass is 215 g/mol. The Balaban J connectivity index is 2.58. The summed E-state index contributed by atoms with van der Waals surface area (Å²) in [6.07, 6.45) is 1.73. The Morgan fingerprint density at radius 1 is 1.47 bits per heavy atom. The van der Waals surface area contributed by atoms with E-state index < -0.39 is 0 Å². The van der Waals surface area contributed by atoms with E-state index in [1.54, 1.807) is 0 Å². The molecular formula is C12H25NO2. The fraction of sp³-hybridized carbons (Fsp3) is 1.00. The van der Waals surface area contributed by atoms with E-state index in [-0.39, 0.29) is 5.41 Å². The fourth-order valence-corrected chi connectivity index (χ4v) is 2.38. The van der Waals surface area contributed by atoms with Crippen LogP contribution in [0.2, 0.25) is 0 Å². The van der Waals surface area contributed by atoms with Gasteiger partial charge in [0.2, 0.25) is 0 Å². The standard InChI is InChI=1S/C12H25NO2/c1-10(2)15-9-12(3)8-13(4)7-6-11(12)14-5/h10-11H,6-9H2,1-5H3/t11-,12-/m0/s1. The van der Waals surface area contributed by atoms with Gasteiger partial charge in [-0.05, 0) is 27.3 Å². The number of ether oxygens (including phenoxy) is 2. The van der Waals surface area contributed by atoms with Crippen molar-refractivity contribution in [2.45, 2.75) is 39.4 Å². The Morgan fingerprint density at radius 3 is 2.67 bits per heavy atom. The highest BCUT2D eigenvalue weighted by atomic mass is 16.5. The van der Waals surface area contributed by atoms with Gasteiger partial charge in [-0.1, -0.05) is 6.92 Å². The van der Waals surface area contributed by atoms with Gasteiger partial charge in [-0.15, -0.1) is 0 Å². The van der Waals surface area contributed by atoms with E-state index in [2.05, 4.69) is 32.7 Å². The molecular weight excluding hydrogens is 190 g/mol. The molecule has 90 valence electrons. The van der Waals surface area contributed by atoms with Gasteiger partial charge in [-0.2, -0.15) is 0 Å².